The first kappa shape index (κ1) is 15.7. The second-order valence-corrected chi connectivity index (χ2v) is 8.26. The van der Waals surface area contributed by atoms with Crippen LogP contribution in [0.4, 0.5) is 5.82 Å². The molecule has 2 fully saturated rings. The van der Waals surface area contributed by atoms with Crippen molar-refractivity contribution in [1.82, 2.24) is 9.29 Å². The van der Waals surface area contributed by atoms with Gasteiger partial charge in [-0.3, -0.25) is 0 Å². The number of hydrogen-bond donors (Lipinski definition) is 2. The van der Waals surface area contributed by atoms with Gasteiger partial charge in [0.25, 0.3) is 0 Å². The van der Waals surface area contributed by atoms with E-state index in [1.165, 1.54) is 10.5 Å². The monoisotopic (exact) mass is 325 g/mol. The molecule has 0 unspecified atom stereocenters. The highest BCUT2D eigenvalue weighted by atomic mass is 32.2. The lowest BCUT2D eigenvalue weighted by molar-refractivity contribution is 0.253. The van der Waals surface area contributed by atoms with E-state index in [-0.39, 0.29) is 16.9 Å². The third-order valence-electron chi connectivity index (χ3n) is 4.68. The molecule has 1 saturated heterocycles. The van der Waals surface area contributed by atoms with Crippen LogP contribution in [0.1, 0.15) is 32.1 Å². The number of nitrogens with one attached hydrogen (secondary N) is 1. The molecule has 1 saturated carbocycles. The van der Waals surface area contributed by atoms with Gasteiger partial charge in [0.2, 0.25) is 10.0 Å². The lowest BCUT2D eigenvalue weighted by Gasteiger charge is -2.17. The SMILES string of the molecule is O=S(=O)(c1ccc(NCC2(CCO)CC2)nc1)N1CCCC1. The van der Waals surface area contributed by atoms with Crippen molar-refractivity contribution in [3.8, 4) is 0 Å². The van der Waals surface area contributed by atoms with Gasteiger partial charge in [-0.05, 0) is 49.7 Å². The minimum Gasteiger partial charge on any atom is -0.396 e. The molecule has 2 aliphatic rings. The summed E-state index contributed by atoms with van der Waals surface area (Å²) < 4.78 is 26.3. The molecule has 2 heterocycles. The van der Waals surface area contributed by atoms with Gasteiger partial charge in [-0.1, -0.05) is 0 Å². The fraction of sp³-hybridized carbons (Fsp3) is 0.667. The Morgan fingerprint density at radius 3 is 2.55 bits per heavy atom. The first-order chi connectivity index (χ1) is 10.6. The molecular weight excluding hydrogens is 302 g/mol. The Morgan fingerprint density at radius 1 is 1.27 bits per heavy atom. The predicted octanol–water partition coefficient (Wildman–Crippen LogP) is 1.44. The van der Waals surface area contributed by atoms with Crippen LogP contribution < -0.4 is 5.32 Å². The normalized spacial score (nSPS) is 21.0. The van der Waals surface area contributed by atoms with Crippen molar-refractivity contribution in [1.29, 1.82) is 0 Å². The summed E-state index contributed by atoms with van der Waals surface area (Å²) in [6.45, 7) is 2.19. The first-order valence-electron chi connectivity index (χ1n) is 7.87. The van der Waals surface area contributed by atoms with Crippen LogP contribution in [0, 0.1) is 5.41 Å². The number of anilines is 1. The molecule has 2 N–H and O–H groups in total. The largest absolute Gasteiger partial charge is 0.396 e. The number of nitrogens with zero attached hydrogens (tertiary/aromatic N) is 2. The second kappa shape index (κ2) is 6.14. The van der Waals surface area contributed by atoms with Gasteiger partial charge in [0.15, 0.2) is 0 Å². The number of aliphatic hydroxyl groups is 1. The minimum absolute atomic E-state index is 0.205. The van der Waals surface area contributed by atoms with Crippen LogP contribution >= 0.6 is 0 Å². The van der Waals surface area contributed by atoms with Gasteiger partial charge < -0.3 is 10.4 Å². The van der Waals surface area contributed by atoms with Crippen LogP contribution in [0.5, 0.6) is 0 Å². The summed E-state index contributed by atoms with van der Waals surface area (Å²) in [5.41, 5.74) is 0.205. The molecule has 1 aromatic heterocycles. The maximum Gasteiger partial charge on any atom is 0.244 e. The third kappa shape index (κ3) is 3.26. The van der Waals surface area contributed by atoms with Gasteiger partial charge in [-0.25, -0.2) is 13.4 Å². The zero-order valence-corrected chi connectivity index (χ0v) is 13.5. The zero-order valence-electron chi connectivity index (χ0n) is 12.7. The molecule has 0 atom stereocenters. The highest BCUT2D eigenvalue weighted by Crippen LogP contribution is 2.48. The number of pyridine rings is 1. The Bertz CT molecular complexity index is 605. The van der Waals surface area contributed by atoms with Crippen molar-refractivity contribution in [2.45, 2.75) is 37.0 Å². The van der Waals surface area contributed by atoms with Gasteiger partial charge in [-0.2, -0.15) is 4.31 Å². The standard InChI is InChI=1S/C15H23N3O3S/c19-10-7-15(5-6-15)12-17-14-4-3-13(11-16-14)22(20,21)18-8-1-2-9-18/h3-4,11,19H,1-2,5-10,12H2,(H,16,17). The number of hydrogen-bond acceptors (Lipinski definition) is 5. The second-order valence-electron chi connectivity index (χ2n) is 6.32. The fourth-order valence-corrected chi connectivity index (χ4v) is 4.39. The molecule has 0 amide bonds. The smallest absolute Gasteiger partial charge is 0.244 e. The van der Waals surface area contributed by atoms with E-state index < -0.39 is 10.0 Å². The van der Waals surface area contributed by atoms with Gasteiger partial charge in [-0.15, -0.1) is 0 Å². The van der Waals surface area contributed by atoms with Crippen molar-refractivity contribution in [2.24, 2.45) is 5.41 Å². The highest BCUT2D eigenvalue weighted by molar-refractivity contribution is 7.89. The van der Waals surface area contributed by atoms with E-state index in [0.717, 1.165) is 38.6 Å². The average molecular weight is 325 g/mol. The van der Waals surface area contributed by atoms with E-state index in [9.17, 15) is 8.42 Å². The van der Waals surface area contributed by atoms with Crippen LogP contribution in [0.3, 0.4) is 0 Å². The van der Waals surface area contributed by atoms with Crippen LogP contribution in [0.15, 0.2) is 23.2 Å². The number of aromatic nitrogens is 1. The quantitative estimate of drug-likeness (QED) is 0.793. The van der Waals surface area contributed by atoms with E-state index in [2.05, 4.69) is 10.3 Å². The van der Waals surface area contributed by atoms with E-state index in [0.29, 0.717) is 18.9 Å². The number of aliphatic hydroxyl groups excluding tert-OH is 1. The Hall–Kier alpha value is -1.18. The summed E-state index contributed by atoms with van der Waals surface area (Å²) in [6.07, 6.45) is 6.35. The Labute approximate surface area is 131 Å². The fourth-order valence-electron chi connectivity index (χ4n) is 2.92. The molecule has 0 bridgehead atoms. The van der Waals surface area contributed by atoms with Crippen LogP contribution in [-0.4, -0.2) is 49.1 Å². The van der Waals surface area contributed by atoms with Crippen molar-refractivity contribution in [3.63, 3.8) is 0 Å². The molecular formula is C15H23N3O3S. The van der Waals surface area contributed by atoms with Crippen LogP contribution in [0.25, 0.3) is 0 Å². The molecule has 122 valence electrons. The number of rotatable bonds is 7. The number of sulfonamides is 1. The van der Waals surface area contributed by atoms with Crippen molar-refractivity contribution in [2.75, 3.05) is 31.6 Å². The van der Waals surface area contributed by atoms with Crippen molar-refractivity contribution >= 4 is 15.8 Å². The van der Waals surface area contributed by atoms with Crippen LogP contribution in [-0.2, 0) is 10.0 Å². The zero-order chi connectivity index (χ0) is 15.6. The van der Waals surface area contributed by atoms with E-state index >= 15 is 0 Å². The summed E-state index contributed by atoms with van der Waals surface area (Å²) in [6, 6.07) is 3.34. The van der Waals surface area contributed by atoms with Crippen LogP contribution in [0.2, 0.25) is 0 Å². The highest BCUT2D eigenvalue weighted by Gasteiger charge is 2.41. The van der Waals surface area contributed by atoms with Crippen molar-refractivity contribution < 1.29 is 13.5 Å². The Kier molecular flexibility index (Phi) is 4.38. The Balaban J connectivity index is 1.63. The molecule has 7 heteroatoms. The maximum absolute atomic E-state index is 12.4. The maximum atomic E-state index is 12.4. The van der Waals surface area contributed by atoms with E-state index in [4.69, 9.17) is 5.11 Å². The molecule has 0 spiro atoms. The predicted molar refractivity (Wildman–Crippen MR) is 84.1 cm³/mol. The van der Waals surface area contributed by atoms with E-state index in [1.807, 2.05) is 0 Å². The molecule has 3 rings (SSSR count). The van der Waals surface area contributed by atoms with Gasteiger partial charge in [0.05, 0.1) is 0 Å². The molecule has 6 nitrogen and oxygen atoms in total. The molecule has 0 radical (unpaired) electrons. The first-order valence-corrected chi connectivity index (χ1v) is 9.31. The van der Waals surface area contributed by atoms with E-state index in [1.54, 1.807) is 12.1 Å². The van der Waals surface area contributed by atoms with Gasteiger partial charge in [0.1, 0.15) is 10.7 Å². The summed E-state index contributed by atoms with van der Waals surface area (Å²) in [4.78, 5) is 4.49. The molecule has 1 aromatic rings. The molecule has 1 aliphatic carbocycles. The molecule has 0 aromatic carbocycles. The lowest BCUT2D eigenvalue weighted by atomic mass is 10.0. The van der Waals surface area contributed by atoms with Gasteiger partial charge in [0, 0.05) is 32.4 Å². The summed E-state index contributed by atoms with van der Waals surface area (Å²) >= 11 is 0. The molecule has 1 aliphatic heterocycles. The van der Waals surface area contributed by atoms with Gasteiger partial charge >= 0.3 is 0 Å². The summed E-state index contributed by atoms with van der Waals surface area (Å²) in [7, 11) is -3.39. The lowest BCUT2D eigenvalue weighted by Crippen LogP contribution is -2.28. The topological polar surface area (TPSA) is 82.5 Å². The third-order valence-corrected chi connectivity index (χ3v) is 6.57. The minimum atomic E-state index is -3.39. The molecule has 22 heavy (non-hydrogen) atoms. The summed E-state index contributed by atoms with van der Waals surface area (Å²) in [5, 5.41) is 12.3. The Morgan fingerprint density at radius 2 is 2.00 bits per heavy atom. The van der Waals surface area contributed by atoms with Crippen molar-refractivity contribution in [3.05, 3.63) is 18.3 Å². The summed E-state index contributed by atoms with van der Waals surface area (Å²) in [5.74, 6) is 0.685. The average Bonchev–Trinajstić information content (AvgIpc) is 3.05.